The quantitative estimate of drug-likeness (QED) is 0.316. The number of hydrogen-bond acceptors (Lipinski definition) is 3. The molecule has 3 aliphatic carbocycles. The second-order valence-corrected chi connectivity index (χ2v) is 12.1. The third-order valence-electron chi connectivity index (χ3n) is 9.64. The molecule has 2 fully saturated rings. The Balaban J connectivity index is 1.31. The maximum atomic E-state index is 10.8. The first-order valence-electron chi connectivity index (χ1n) is 14.1. The molecule has 6 atom stereocenters. The van der Waals surface area contributed by atoms with Crippen molar-refractivity contribution in [3.63, 3.8) is 0 Å². The smallest absolute Gasteiger partial charge is 0.115 e. The predicted molar refractivity (Wildman–Crippen MR) is 138 cm³/mol. The molecule has 0 radical (unpaired) electrons. The number of nitrogens with one attached hydrogen (secondary N) is 1. The molecule has 3 aliphatic rings. The highest BCUT2D eigenvalue weighted by Gasteiger charge is 2.56. The first kappa shape index (κ1) is 25.0. The van der Waals surface area contributed by atoms with Crippen LogP contribution < -0.4 is 5.32 Å². The zero-order valence-corrected chi connectivity index (χ0v) is 21.5. The van der Waals surface area contributed by atoms with Gasteiger partial charge in [-0.15, -0.1) is 0 Å². The summed E-state index contributed by atoms with van der Waals surface area (Å²) in [5, 5.41) is 24.5. The van der Waals surface area contributed by atoms with Gasteiger partial charge in [0.2, 0.25) is 0 Å². The second kappa shape index (κ2) is 11.1. The van der Waals surface area contributed by atoms with E-state index in [1.54, 1.807) is 0 Å². The summed E-state index contributed by atoms with van der Waals surface area (Å²) >= 11 is 0. The molecule has 33 heavy (non-hydrogen) atoms. The van der Waals surface area contributed by atoms with Gasteiger partial charge in [-0.3, -0.25) is 0 Å². The molecule has 0 aromatic heterocycles. The minimum Gasteiger partial charge on any atom is -0.508 e. The van der Waals surface area contributed by atoms with Crippen LogP contribution in [0.15, 0.2) is 18.2 Å². The highest BCUT2D eigenvalue weighted by Crippen LogP contribution is 2.62. The first-order valence-corrected chi connectivity index (χ1v) is 14.1. The van der Waals surface area contributed by atoms with Crippen LogP contribution in [0.2, 0.25) is 0 Å². The Kier molecular flexibility index (Phi) is 8.44. The largest absolute Gasteiger partial charge is 0.508 e. The van der Waals surface area contributed by atoms with Gasteiger partial charge in [0.25, 0.3) is 0 Å². The van der Waals surface area contributed by atoms with Crippen LogP contribution in [0.25, 0.3) is 0 Å². The van der Waals surface area contributed by atoms with Crippen LogP contribution in [0.3, 0.4) is 0 Å². The van der Waals surface area contributed by atoms with E-state index >= 15 is 0 Å². The van der Waals surface area contributed by atoms with Crippen molar-refractivity contribution >= 4 is 0 Å². The van der Waals surface area contributed by atoms with E-state index in [9.17, 15) is 10.2 Å². The average Bonchev–Trinajstić information content (AvgIpc) is 3.08. The van der Waals surface area contributed by atoms with Gasteiger partial charge in [-0.25, -0.2) is 0 Å². The van der Waals surface area contributed by atoms with Crippen LogP contribution in [-0.2, 0) is 6.42 Å². The lowest BCUT2D eigenvalue weighted by atomic mass is 9.52. The molecular formula is C30H49NO2. The Morgan fingerprint density at radius 3 is 2.48 bits per heavy atom. The number of hydrogen-bond donors (Lipinski definition) is 3. The summed E-state index contributed by atoms with van der Waals surface area (Å²) in [6, 6.07) is 6.76. The molecule has 0 spiro atoms. The molecule has 186 valence electrons. The Labute approximate surface area is 202 Å². The third kappa shape index (κ3) is 5.61. The van der Waals surface area contributed by atoms with E-state index in [0.29, 0.717) is 35.5 Å². The molecule has 1 aromatic carbocycles. The predicted octanol–water partition coefficient (Wildman–Crippen LogP) is 6.95. The fraction of sp³-hybridized carbons (Fsp3) is 0.800. The van der Waals surface area contributed by atoms with E-state index in [1.807, 2.05) is 12.1 Å². The van der Waals surface area contributed by atoms with Gasteiger partial charge < -0.3 is 15.5 Å². The van der Waals surface area contributed by atoms with E-state index in [0.717, 1.165) is 25.8 Å². The average molecular weight is 456 g/mol. The van der Waals surface area contributed by atoms with Crippen molar-refractivity contribution in [2.24, 2.45) is 23.2 Å². The summed E-state index contributed by atoms with van der Waals surface area (Å²) in [5.41, 5.74) is 3.03. The van der Waals surface area contributed by atoms with Gasteiger partial charge in [0.15, 0.2) is 0 Å². The summed E-state index contributed by atoms with van der Waals surface area (Å²) < 4.78 is 0. The zero-order valence-electron chi connectivity index (χ0n) is 21.5. The van der Waals surface area contributed by atoms with Crippen molar-refractivity contribution in [3.8, 4) is 5.75 Å². The highest BCUT2D eigenvalue weighted by atomic mass is 16.3. The molecule has 3 nitrogen and oxygen atoms in total. The number of aromatic hydroxyl groups is 1. The molecule has 3 N–H and O–H groups in total. The number of fused-ring (bicyclic) bond motifs is 5. The molecule has 4 rings (SSSR count). The maximum Gasteiger partial charge on any atom is 0.115 e. The molecule has 0 saturated heterocycles. The second-order valence-electron chi connectivity index (χ2n) is 12.1. The monoisotopic (exact) mass is 455 g/mol. The van der Waals surface area contributed by atoms with Crippen LogP contribution in [0.4, 0.5) is 0 Å². The number of aliphatic hydroxyl groups is 1. The van der Waals surface area contributed by atoms with Crippen molar-refractivity contribution in [3.05, 3.63) is 29.3 Å². The fourth-order valence-electron chi connectivity index (χ4n) is 7.84. The Morgan fingerprint density at radius 2 is 1.73 bits per heavy atom. The number of rotatable bonds is 11. The zero-order chi connectivity index (χ0) is 23.4. The van der Waals surface area contributed by atoms with Crippen molar-refractivity contribution < 1.29 is 10.2 Å². The van der Waals surface area contributed by atoms with Crippen molar-refractivity contribution in [1.29, 1.82) is 0 Å². The molecule has 0 aliphatic heterocycles. The van der Waals surface area contributed by atoms with Gasteiger partial charge in [0.1, 0.15) is 5.75 Å². The molecule has 1 aromatic rings. The SMILES string of the molecule is CC(C)NCCCCCCCCC[C@@H]1Cc2cc(O)ccc2[C@H]2CC[C@]3(C)[C@@H](O)CC[C@H]3[C@H]12. The molecule has 0 amide bonds. The number of phenolic OH excluding ortho intramolecular Hbond substituents is 1. The first-order chi connectivity index (χ1) is 15.9. The summed E-state index contributed by atoms with van der Waals surface area (Å²) in [4.78, 5) is 0. The van der Waals surface area contributed by atoms with E-state index in [-0.39, 0.29) is 11.5 Å². The van der Waals surface area contributed by atoms with Gasteiger partial charge in [-0.2, -0.15) is 0 Å². The van der Waals surface area contributed by atoms with Gasteiger partial charge in [0, 0.05) is 6.04 Å². The molecule has 0 heterocycles. The van der Waals surface area contributed by atoms with Crippen LogP contribution >= 0.6 is 0 Å². The minimum atomic E-state index is -0.110. The van der Waals surface area contributed by atoms with Crippen LogP contribution in [-0.4, -0.2) is 28.9 Å². The van der Waals surface area contributed by atoms with Gasteiger partial charge in [0.05, 0.1) is 6.10 Å². The van der Waals surface area contributed by atoms with Gasteiger partial charge in [-0.1, -0.05) is 65.4 Å². The summed E-state index contributed by atoms with van der Waals surface area (Å²) in [5.74, 6) is 3.14. The summed E-state index contributed by atoms with van der Waals surface area (Å²) in [6.45, 7) is 7.98. The Hall–Kier alpha value is -1.06. The molecule has 0 unspecified atom stereocenters. The van der Waals surface area contributed by atoms with E-state index < -0.39 is 0 Å². The summed E-state index contributed by atoms with van der Waals surface area (Å²) in [7, 11) is 0. The molecule has 0 bridgehead atoms. The van der Waals surface area contributed by atoms with Gasteiger partial charge >= 0.3 is 0 Å². The van der Waals surface area contributed by atoms with Crippen LogP contribution in [0, 0.1) is 23.2 Å². The van der Waals surface area contributed by atoms with Gasteiger partial charge in [-0.05, 0) is 104 Å². The molecular weight excluding hydrogens is 406 g/mol. The minimum absolute atomic E-state index is 0.110. The number of unbranched alkanes of at least 4 members (excludes halogenated alkanes) is 6. The van der Waals surface area contributed by atoms with Crippen LogP contribution in [0.1, 0.15) is 115 Å². The van der Waals surface area contributed by atoms with Crippen molar-refractivity contribution in [1.82, 2.24) is 5.32 Å². The van der Waals surface area contributed by atoms with Crippen molar-refractivity contribution in [2.75, 3.05) is 6.54 Å². The standard InChI is InChI=1S/C30H49NO2/c1-21(2)31-18-10-8-6-4-5-7-9-11-22-19-23-20-24(32)12-13-25(23)26-16-17-30(3)27(29(22)26)14-15-28(30)33/h12-13,20-22,26-29,31-33H,4-11,14-19H2,1-3H3/t22-,26-,27+,28+,29-,30+/m1/s1. The number of aliphatic hydroxyl groups excluding tert-OH is 1. The van der Waals surface area contributed by atoms with E-state index in [1.165, 1.54) is 75.3 Å². The lowest BCUT2D eigenvalue weighted by Gasteiger charge is -2.53. The van der Waals surface area contributed by atoms with Crippen molar-refractivity contribution in [2.45, 2.75) is 122 Å². The Bertz CT molecular complexity index is 762. The molecule has 3 heteroatoms. The third-order valence-corrected chi connectivity index (χ3v) is 9.64. The topological polar surface area (TPSA) is 52.5 Å². The number of benzene rings is 1. The van der Waals surface area contributed by atoms with E-state index in [4.69, 9.17) is 0 Å². The number of phenols is 1. The lowest BCUT2D eigenvalue weighted by Crippen LogP contribution is -2.47. The Morgan fingerprint density at radius 1 is 1.00 bits per heavy atom. The maximum absolute atomic E-state index is 10.8. The molecule has 2 saturated carbocycles. The fourth-order valence-corrected chi connectivity index (χ4v) is 7.84. The normalized spacial score (nSPS) is 33.1. The highest BCUT2D eigenvalue weighted by molar-refractivity contribution is 5.40. The van der Waals surface area contributed by atoms with Crippen LogP contribution in [0.5, 0.6) is 5.75 Å². The summed E-state index contributed by atoms with van der Waals surface area (Å²) in [6.07, 6.45) is 16.4. The van der Waals surface area contributed by atoms with E-state index in [2.05, 4.69) is 32.2 Å². The lowest BCUT2D eigenvalue weighted by molar-refractivity contribution is -0.0396.